The number of allylic oxidation sites excluding steroid dienone is 1. The van der Waals surface area contributed by atoms with E-state index in [1.807, 2.05) is 25.1 Å². The van der Waals surface area contributed by atoms with E-state index in [1.54, 1.807) is 6.20 Å². The molecule has 2 rings (SSSR count). The summed E-state index contributed by atoms with van der Waals surface area (Å²) in [6.45, 7) is 2.26. The summed E-state index contributed by atoms with van der Waals surface area (Å²) in [6.07, 6.45) is 5.68. The molecule has 0 fully saturated rings. The number of esters is 1. The summed E-state index contributed by atoms with van der Waals surface area (Å²) in [6, 6.07) is 5.80. The van der Waals surface area contributed by atoms with Crippen molar-refractivity contribution in [3.05, 3.63) is 35.7 Å². The lowest BCUT2D eigenvalue weighted by atomic mass is 9.89. The monoisotopic (exact) mass is 231 g/mol. The molecule has 0 saturated heterocycles. The van der Waals surface area contributed by atoms with Crippen LogP contribution in [-0.2, 0) is 9.53 Å². The number of carbonyl (C=O) groups is 1. The molecule has 0 amide bonds. The van der Waals surface area contributed by atoms with Gasteiger partial charge in [0.1, 0.15) is 0 Å². The van der Waals surface area contributed by atoms with Crippen LogP contribution < -0.4 is 0 Å². The van der Waals surface area contributed by atoms with Crippen molar-refractivity contribution in [2.75, 3.05) is 6.61 Å². The van der Waals surface area contributed by atoms with Gasteiger partial charge in [0.2, 0.25) is 0 Å². The SMILES string of the molecule is CCOC(=O)C1=C(c2ccccn2)CCCC1. The summed E-state index contributed by atoms with van der Waals surface area (Å²) in [4.78, 5) is 16.2. The first-order valence-corrected chi connectivity index (χ1v) is 6.13. The molecular formula is C14H17NO2. The highest BCUT2D eigenvalue weighted by Crippen LogP contribution is 2.31. The maximum absolute atomic E-state index is 11.9. The highest BCUT2D eigenvalue weighted by Gasteiger charge is 2.21. The van der Waals surface area contributed by atoms with Gasteiger partial charge in [-0.2, -0.15) is 0 Å². The van der Waals surface area contributed by atoms with Gasteiger partial charge in [-0.15, -0.1) is 0 Å². The van der Waals surface area contributed by atoms with E-state index in [1.165, 1.54) is 0 Å². The Morgan fingerprint density at radius 3 is 2.88 bits per heavy atom. The van der Waals surface area contributed by atoms with Crippen molar-refractivity contribution in [3.63, 3.8) is 0 Å². The lowest BCUT2D eigenvalue weighted by Gasteiger charge is -2.18. The number of rotatable bonds is 3. The molecule has 0 N–H and O–H groups in total. The van der Waals surface area contributed by atoms with E-state index in [9.17, 15) is 4.79 Å². The van der Waals surface area contributed by atoms with E-state index in [2.05, 4.69) is 4.98 Å². The molecule has 0 aromatic carbocycles. The van der Waals surface area contributed by atoms with Gasteiger partial charge in [0.25, 0.3) is 0 Å². The topological polar surface area (TPSA) is 39.2 Å². The van der Waals surface area contributed by atoms with Crippen LogP contribution in [0.4, 0.5) is 0 Å². The van der Waals surface area contributed by atoms with E-state index in [0.29, 0.717) is 6.61 Å². The summed E-state index contributed by atoms with van der Waals surface area (Å²) in [7, 11) is 0. The molecule has 0 aliphatic heterocycles. The normalized spacial score (nSPS) is 15.8. The number of aromatic nitrogens is 1. The maximum atomic E-state index is 11.9. The molecule has 1 aliphatic rings. The van der Waals surface area contributed by atoms with Crippen LogP contribution in [0.3, 0.4) is 0 Å². The first-order valence-electron chi connectivity index (χ1n) is 6.13. The first kappa shape index (κ1) is 11.8. The summed E-state index contributed by atoms with van der Waals surface area (Å²) in [5.74, 6) is -0.173. The molecule has 0 bridgehead atoms. The second kappa shape index (κ2) is 5.62. The predicted molar refractivity (Wildman–Crippen MR) is 66.3 cm³/mol. The first-order chi connectivity index (χ1) is 8.33. The largest absolute Gasteiger partial charge is 0.463 e. The smallest absolute Gasteiger partial charge is 0.334 e. The van der Waals surface area contributed by atoms with Gasteiger partial charge < -0.3 is 4.74 Å². The van der Waals surface area contributed by atoms with Crippen molar-refractivity contribution >= 4 is 11.5 Å². The van der Waals surface area contributed by atoms with E-state index in [0.717, 1.165) is 42.5 Å². The minimum atomic E-state index is -0.173. The molecule has 1 aromatic heterocycles. The molecule has 1 heterocycles. The van der Waals surface area contributed by atoms with Gasteiger partial charge in [-0.25, -0.2) is 4.79 Å². The van der Waals surface area contributed by atoms with Crippen molar-refractivity contribution in [2.24, 2.45) is 0 Å². The third-order valence-corrected chi connectivity index (χ3v) is 2.96. The molecule has 0 radical (unpaired) electrons. The van der Waals surface area contributed by atoms with Crippen LogP contribution in [0.5, 0.6) is 0 Å². The summed E-state index contributed by atoms with van der Waals surface area (Å²) in [5.41, 5.74) is 2.79. The van der Waals surface area contributed by atoms with Crippen LogP contribution in [0.2, 0.25) is 0 Å². The number of pyridine rings is 1. The molecule has 0 spiro atoms. The minimum Gasteiger partial charge on any atom is -0.463 e. The number of hydrogen-bond acceptors (Lipinski definition) is 3. The molecular weight excluding hydrogens is 214 g/mol. The Balaban J connectivity index is 2.35. The van der Waals surface area contributed by atoms with E-state index >= 15 is 0 Å². The second-order valence-corrected chi connectivity index (χ2v) is 4.10. The molecule has 1 aliphatic carbocycles. The Morgan fingerprint density at radius 2 is 2.18 bits per heavy atom. The zero-order valence-corrected chi connectivity index (χ0v) is 10.1. The summed E-state index contributed by atoms with van der Waals surface area (Å²) < 4.78 is 5.11. The number of nitrogens with zero attached hydrogens (tertiary/aromatic N) is 1. The average molecular weight is 231 g/mol. The van der Waals surface area contributed by atoms with Gasteiger partial charge in [-0.1, -0.05) is 6.07 Å². The lowest BCUT2D eigenvalue weighted by molar-refractivity contribution is -0.138. The predicted octanol–water partition coefficient (Wildman–Crippen LogP) is 2.97. The van der Waals surface area contributed by atoms with Gasteiger partial charge in [-0.3, -0.25) is 4.98 Å². The fourth-order valence-corrected chi connectivity index (χ4v) is 2.17. The van der Waals surface area contributed by atoms with Gasteiger partial charge in [0.15, 0.2) is 0 Å². The fraction of sp³-hybridized carbons (Fsp3) is 0.429. The third kappa shape index (κ3) is 2.73. The molecule has 0 unspecified atom stereocenters. The Hall–Kier alpha value is -1.64. The molecule has 1 aromatic rings. The van der Waals surface area contributed by atoms with Crippen LogP contribution in [0.15, 0.2) is 30.0 Å². The standard InChI is InChI=1S/C14H17NO2/c1-2-17-14(16)12-8-4-3-7-11(12)13-9-5-6-10-15-13/h5-6,9-10H,2-4,7-8H2,1H3. The van der Waals surface area contributed by atoms with Crippen molar-refractivity contribution in [3.8, 4) is 0 Å². The van der Waals surface area contributed by atoms with E-state index in [4.69, 9.17) is 4.74 Å². The van der Waals surface area contributed by atoms with Crippen LogP contribution in [0, 0.1) is 0 Å². The van der Waals surface area contributed by atoms with Gasteiger partial charge in [0.05, 0.1) is 12.3 Å². The molecule has 3 nitrogen and oxygen atoms in total. The Morgan fingerprint density at radius 1 is 1.35 bits per heavy atom. The Bertz CT molecular complexity index is 423. The average Bonchev–Trinajstić information content (AvgIpc) is 2.40. The lowest BCUT2D eigenvalue weighted by Crippen LogP contribution is -2.13. The van der Waals surface area contributed by atoms with Crippen molar-refractivity contribution < 1.29 is 9.53 Å². The third-order valence-electron chi connectivity index (χ3n) is 2.96. The quantitative estimate of drug-likeness (QED) is 0.751. The van der Waals surface area contributed by atoms with Crippen molar-refractivity contribution in [2.45, 2.75) is 32.6 Å². The number of carbonyl (C=O) groups excluding carboxylic acids is 1. The molecule has 90 valence electrons. The van der Waals surface area contributed by atoms with Gasteiger partial charge in [0, 0.05) is 11.8 Å². The summed E-state index contributed by atoms with van der Waals surface area (Å²) in [5, 5.41) is 0. The zero-order valence-electron chi connectivity index (χ0n) is 10.1. The highest BCUT2D eigenvalue weighted by atomic mass is 16.5. The number of hydrogen-bond donors (Lipinski definition) is 0. The maximum Gasteiger partial charge on any atom is 0.334 e. The molecule has 0 atom stereocenters. The van der Waals surface area contributed by atoms with Crippen LogP contribution in [0.25, 0.3) is 5.57 Å². The van der Waals surface area contributed by atoms with Crippen LogP contribution >= 0.6 is 0 Å². The molecule has 0 saturated carbocycles. The highest BCUT2D eigenvalue weighted by molar-refractivity contribution is 5.97. The fourth-order valence-electron chi connectivity index (χ4n) is 2.17. The zero-order chi connectivity index (χ0) is 12.1. The molecule has 17 heavy (non-hydrogen) atoms. The Kier molecular flexibility index (Phi) is 3.91. The van der Waals surface area contributed by atoms with Gasteiger partial charge >= 0.3 is 5.97 Å². The van der Waals surface area contributed by atoms with Crippen LogP contribution in [-0.4, -0.2) is 17.6 Å². The van der Waals surface area contributed by atoms with Gasteiger partial charge in [-0.05, 0) is 50.3 Å². The summed E-state index contributed by atoms with van der Waals surface area (Å²) >= 11 is 0. The van der Waals surface area contributed by atoms with Crippen molar-refractivity contribution in [1.29, 1.82) is 0 Å². The Labute approximate surface area is 102 Å². The second-order valence-electron chi connectivity index (χ2n) is 4.10. The van der Waals surface area contributed by atoms with Crippen LogP contribution in [0.1, 0.15) is 38.3 Å². The van der Waals surface area contributed by atoms with E-state index < -0.39 is 0 Å². The number of ether oxygens (including phenoxy) is 1. The van der Waals surface area contributed by atoms with E-state index in [-0.39, 0.29) is 5.97 Å². The molecule has 3 heteroatoms. The van der Waals surface area contributed by atoms with Crippen molar-refractivity contribution in [1.82, 2.24) is 4.98 Å². The minimum absolute atomic E-state index is 0.173.